The highest BCUT2D eigenvalue weighted by atomic mass is 35.5. The van der Waals surface area contributed by atoms with Crippen molar-refractivity contribution in [2.45, 2.75) is 70.5 Å². The Morgan fingerprint density at radius 1 is 1.26 bits per heavy atom. The Hall–Kier alpha value is -1.94. The molecule has 3 N–H and O–H groups in total. The first-order valence-corrected chi connectivity index (χ1v) is 12.2. The van der Waals surface area contributed by atoms with Crippen LogP contribution in [0.5, 0.6) is 0 Å². The van der Waals surface area contributed by atoms with E-state index in [9.17, 15) is 23.4 Å². The van der Waals surface area contributed by atoms with Gasteiger partial charge in [-0.05, 0) is 30.0 Å². The lowest BCUT2D eigenvalue weighted by Gasteiger charge is -2.20. The zero-order valence-corrected chi connectivity index (χ0v) is 19.6. The average molecular weight is 472 g/mol. The fourth-order valence-electron chi connectivity index (χ4n) is 3.21. The third-order valence-corrected chi connectivity index (χ3v) is 7.10. The van der Waals surface area contributed by atoms with E-state index < -0.39 is 22.0 Å². The first-order chi connectivity index (χ1) is 14.6. The van der Waals surface area contributed by atoms with Gasteiger partial charge in [-0.1, -0.05) is 57.3 Å². The molecule has 0 unspecified atom stereocenters. The molecule has 172 valence electrons. The Labute approximate surface area is 188 Å². The predicted molar refractivity (Wildman–Crippen MR) is 119 cm³/mol. The highest BCUT2D eigenvalue weighted by Crippen LogP contribution is 2.22. The van der Waals surface area contributed by atoms with Crippen molar-refractivity contribution >= 4 is 27.6 Å². The number of nitrogens with zero attached hydrogens (tertiary/aromatic N) is 2. The number of halogens is 1. The lowest BCUT2D eigenvalue weighted by molar-refractivity contribution is -0.140. The lowest BCUT2D eigenvalue weighted by Crippen LogP contribution is -2.44. The number of nitrogens with one attached hydrogen (secondary N) is 1. The van der Waals surface area contributed by atoms with Gasteiger partial charge in [0.2, 0.25) is 10.0 Å². The topological polar surface area (TPSA) is 122 Å². The number of sulfonamides is 1. The summed E-state index contributed by atoms with van der Waals surface area (Å²) in [4.78, 5) is 15.8. The van der Waals surface area contributed by atoms with Gasteiger partial charge in [-0.15, -0.1) is 0 Å². The quantitative estimate of drug-likeness (QED) is 0.437. The summed E-state index contributed by atoms with van der Waals surface area (Å²) in [6.07, 6.45) is 3.17. The molecule has 2 atom stereocenters. The van der Waals surface area contributed by atoms with E-state index in [0.717, 1.165) is 30.7 Å². The van der Waals surface area contributed by atoms with Gasteiger partial charge in [-0.2, -0.15) is 4.72 Å². The molecule has 2 aromatic rings. The molecule has 0 fully saturated rings. The van der Waals surface area contributed by atoms with E-state index in [1.54, 1.807) is 19.1 Å². The number of aryl methyl sites for hydroxylation is 1. The Balaban J connectivity index is 2.25. The molecule has 8 nitrogen and oxygen atoms in total. The third kappa shape index (κ3) is 6.29. The SMILES string of the molecule is CCCCc1nc(Cl)c(CO)n1Cc1ccc(S(=O)(=O)N[C@@H](C(=O)O)[C@H](C)CC)cc1. The molecule has 1 heterocycles. The van der Waals surface area contributed by atoms with Crippen LogP contribution in [-0.2, 0) is 34.4 Å². The van der Waals surface area contributed by atoms with Crippen molar-refractivity contribution in [1.82, 2.24) is 14.3 Å². The molecule has 0 aliphatic rings. The molecule has 0 aliphatic carbocycles. The second-order valence-corrected chi connectivity index (χ2v) is 9.65. The predicted octanol–water partition coefficient (Wildman–Crippen LogP) is 3.20. The number of aliphatic hydroxyl groups excluding tert-OH is 1. The highest BCUT2D eigenvalue weighted by Gasteiger charge is 2.29. The van der Waals surface area contributed by atoms with Crippen LogP contribution in [0.3, 0.4) is 0 Å². The van der Waals surface area contributed by atoms with Gasteiger partial charge in [0.1, 0.15) is 11.9 Å². The summed E-state index contributed by atoms with van der Waals surface area (Å²) in [5.41, 5.74) is 1.32. The van der Waals surface area contributed by atoms with Gasteiger partial charge in [0, 0.05) is 13.0 Å². The van der Waals surface area contributed by atoms with Crippen molar-refractivity contribution in [3.05, 3.63) is 46.5 Å². The Kier molecular flexibility index (Phi) is 9.05. The number of carbonyl (C=O) groups is 1. The van der Waals surface area contributed by atoms with Gasteiger partial charge in [0.25, 0.3) is 0 Å². The largest absolute Gasteiger partial charge is 0.480 e. The van der Waals surface area contributed by atoms with Crippen LogP contribution in [0.25, 0.3) is 0 Å². The first-order valence-electron chi connectivity index (χ1n) is 10.3. The number of aliphatic hydroxyl groups is 1. The van der Waals surface area contributed by atoms with Crippen LogP contribution in [0.15, 0.2) is 29.2 Å². The van der Waals surface area contributed by atoms with Crippen molar-refractivity contribution in [2.24, 2.45) is 5.92 Å². The van der Waals surface area contributed by atoms with Crippen molar-refractivity contribution in [2.75, 3.05) is 0 Å². The maximum absolute atomic E-state index is 12.7. The van der Waals surface area contributed by atoms with E-state index in [2.05, 4.69) is 16.6 Å². The summed E-state index contributed by atoms with van der Waals surface area (Å²) in [6, 6.07) is 5.00. The van der Waals surface area contributed by atoms with Crippen molar-refractivity contribution in [3.63, 3.8) is 0 Å². The number of unbranched alkanes of at least 4 members (excludes halogenated alkanes) is 1. The Bertz CT molecular complexity index is 989. The van der Waals surface area contributed by atoms with Crippen LogP contribution in [-0.4, -0.2) is 40.2 Å². The minimum atomic E-state index is -3.99. The number of hydrogen-bond acceptors (Lipinski definition) is 5. The molecule has 0 saturated heterocycles. The third-order valence-electron chi connectivity index (χ3n) is 5.34. The molecule has 0 bridgehead atoms. The van der Waals surface area contributed by atoms with Crippen LogP contribution in [0.1, 0.15) is 57.1 Å². The summed E-state index contributed by atoms with van der Waals surface area (Å²) in [7, 11) is -3.99. The van der Waals surface area contributed by atoms with Gasteiger partial charge in [-0.25, -0.2) is 13.4 Å². The second kappa shape index (κ2) is 11.1. The molecule has 0 saturated carbocycles. The fourth-order valence-corrected chi connectivity index (χ4v) is 4.76. The number of carboxylic acids is 1. The minimum absolute atomic E-state index is 0.0111. The molecule has 31 heavy (non-hydrogen) atoms. The van der Waals surface area contributed by atoms with Crippen molar-refractivity contribution in [3.8, 4) is 0 Å². The van der Waals surface area contributed by atoms with E-state index >= 15 is 0 Å². The number of aliphatic carboxylic acids is 1. The van der Waals surface area contributed by atoms with E-state index in [1.807, 2.05) is 11.5 Å². The Morgan fingerprint density at radius 2 is 1.90 bits per heavy atom. The normalized spacial score (nSPS) is 13.8. The smallest absolute Gasteiger partial charge is 0.322 e. The standard InChI is InChI=1S/C21H30ClN3O5S/c1-4-6-7-18-23-20(22)17(13-26)25(18)12-15-8-10-16(11-9-15)31(29,30)24-19(21(27)28)14(3)5-2/h8-11,14,19,24,26H,4-7,12-13H2,1-3H3,(H,27,28)/t14-,19-/m1/s1. The van der Waals surface area contributed by atoms with E-state index in [0.29, 0.717) is 18.7 Å². The van der Waals surface area contributed by atoms with Crippen LogP contribution >= 0.6 is 11.6 Å². The molecule has 0 amide bonds. The molecule has 0 radical (unpaired) electrons. The summed E-state index contributed by atoms with van der Waals surface area (Å²) < 4.78 is 29.5. The molecule has 0 spiro atoms. The van der Waals surface area contributed by atoms with Gasteiger partial charge < -0.3 is 14.8 Å². The van der Waals surface area contributed by atoms with Gasteiger partial charge in [-0.3, -0.25) is 4.79 Å². The summed E-state index contributed by atoms with van der Waals surface area (Å²) in [5.74, 6) is -0.786. The minimum Gasteiger partial charge on any atom is -0.480 e. The van der Waals surface area contributed by atoms with E-state index in [4.69, 9.17) is 11.6 Å². The van der Waals surface area contributed by atoms with Crippen LogP contribution in [0.2, 0.25) is 5.15 Å². The molecule has 2 rings (SSSR count). The van der Waals surface area contributed by atoms with Crippen molar-refractivity contribution in [1.29, 1.82) is 0 Å². The maximum Gasteiger partial charge on any atom is 0.322 e. The van der Waals surface area contributed by atoms with Crippen LogP contribution in [0.4, 0.5) is 0 Å². The second-order valence-electron chi connectivity index (χ2n) is 7.58. The molecule has 1 aromatic heterocycles. The highest BCUT2D eigenvalue weighted by molar-refractivity contribution is 7.89. The maximum atomic E-state index is 12.7. The van der Waals surface area contributed by atoms with Crippen LogP contribution in [0, 0.1) is 5.92 Å². The lowest BCUT2D eigenvalue weighted by atomic mass is 10.0. The first kappa shape index (κ1) is 25.3. The van der Waals surface area contributed by atoms with E-state index in [-0.39, 0.29) is 22.6 Å². The number of rotatable bonds is 12. The molecule has 1 aromatic carbocycles. The summed E-state index contributed by atoms with van der Waals surface area (Å²) in [5, 5.41) is 19.3. The zero-order chi connectivity index (χ0) is 23.2. The molecular formula is C21H30ClN3O5S. The summed E-state index contributed by atoms with van der Waals surface area (Å²) in [6.45, 7) is 5.70. The van der Waals surface area contributed by atoms with Crippen LogP contribution < -0.4 is 4.72 Å². The van der Waals surface area contributed by atoms with Gasteiger partial charge in [0.05, 0.1) is 17.2 Å². The molecular weight excluding hydrogens is 442 g/mol. The number of hydrogen-bond donors (Lipinski definition) is 3. The Morgan fingerprint density at radius 3 is 2.42 bits per heavy atom. The van der Waals surface area contributed by atoms with E-state index in [1.165, 1.54) is 12.1 Å². The monoisotopic (exact) mass is 471 g/mol. The number of imidazole rings is 1. The van der Waals surface area contributed by atoms with Gasteiger partial charge in [0.15, 0.2) is 5.15 Å². The van der Waals surface area contributed by atoms with Crippen molar-refractivity contribution < 1.29 is 23.4 Å². The molecule has 10 heteroatoms. The zero-order valence-electron chi connectivity index (χ0n) is 18.0. The molecule has 0 aliphatic heterocycles. The fraction of sp³-hybridized carbons (Fsp3) is 0.524. The number of aromatic nitrogens is 2. The average Bonchev–Trinajstić information content (AvgIpc) is 3.04. The van der Waals surface area contributed by atoms with Gasteiger partial charge >= 0.3 is 5.97 Å². The number of benzene rings is 1. The summed E-state index contributed by atoms with van der Waals surface area (Å²) >= 11 is 6.16. The number of carboxylic acid groups (broad SMARTS) is 1.